The molecule has 2 saturated heterocycles. The summed E-state index contributed by atoms with van der Waals surface area (Å²) in [5.74, 6) is -0.214. The number of nitro groups is 1. The molecule has 0 saturated carbocycles. The standard InChI is InChI=1S/C11H11N3O5S/c15-11-12-9-5-20(18,19)6-10(9)13(11)7-2-1-3-8(4-7)14(16)17/h1-4,9-10H,5-6H2,(H,12,15)/t9-,10+/m0/s1. The quantitative estimate of drug-likeness (QED) is 0.479. The highest BCUT2D eigenvalue weighted by atomic mass is 32.2. The van der Waals surface area contributed by atoms with Gasteiger partial charge >= 0.3 is 6.03 Å². The molecule has 0 aliphatic carbocycles. The summed E-state index contributed by atoms with van der Waals surface area (Å²) in [5, 5.41) is 13.4. The van der Waals surface area contributed by atoms with Crippen LogP contribution in [0.25, 0.3) is 0 Å². The molecule has 0 spiro atoms. The van der Waals surface area contributed by atoms with E-state index < -0.39 is 32.9 Å². The molecule has 2 atom stereocenters. The lowest BCUT2D eigenvalue weighted by atomic mass is 10.1. The summed E-state index contributed by atoms with van der Waals surface area (Å²) in [6.45, 7) is 0. The Kier molecular flexibility index (Phi) is 2.68. The van der Waals surface area contributed by atoms with E-state index in [1.54, 1.807) is 6.07 Å². The van der Waals surface area contributed by atoms with E-state index in [9.17, 15) is 23.3 Å². The summed E-state index contributed by atoms with van der Waals surface area (Å²) in [7, 11) is -3.19. The third kappa shape index (κ3) is 1.99. The maximum atomic E-state index is 11.9. The van der Waals surface area contributed by atoms with Crippen LogP contribution in [-0.2, 0) is 9.84 Å². The summed E-state index contributed by atoms with van der Waals surface area (Å²) in [5.41, 5.74) is 0.195. The number of hydrogen-bond donors (Lipinski definition) is 1. The highest BCUT2D eigenvalue weighted by Crippen LogP contribution is 2.31. The van der Waals surface area contributed by atoms with Gasteiger partial charge in [0.15, 0.2) is 9.84 Å². The zero-order valence-corrected chi connectivity index (χ0v) is 11.0. The van der Waals surface area contributed by atoms with Gasteiger partial charge in [-0.15, -0.1) is 0 Å². The van der Waals surface area contributed by atoms with Gasteiger partial charge in [-0.3, -0.25) is 15.0 Å². The average molecular weight is 297 g/mol. The minimum atomic E-state index is -3.19. The van der Waals surface area contributed by atoms with Crippen LogP contribution in [0.15, 0.2) is 24.3 Å². The summed E-state index contributed by atoms with van der Waals surface area (Å²) >= 11 is 0. The molecular weight excluding hydrogens is 286 g/mol. The number of carbonyl (C=O) groups excluding carboxylic acids is 1. The summed E-state index contributed by atoms with van der Waals surface area (Å²) < 4.78 is 23.2. The molecule has 0 aromatic heterocycles. The third-order valence-corrected chi connectivity index (χ3v) is 5.22. The van der Waals surface area contributed by atoms with Crippen molar-refractivity contribution in [2.75, 3.05) is 16.4 Å². The number of carbonyl (C=O) groups is 1. The number of nitrogens with one attached hydrogen (secondary N) is 1. The second-order valence-corrected chi connectivity index (χ2v) is 7.00. The van der Waals surface area contributed by atoms with Crippen LogP contribution in [0.4, 0.5) is 16.2 Å². The van der Waals surface area contributed by atoms with Crippen LogP contribution in [-0.4, -0.2) is 43.0 Å². The van der Waals surface area contributed by atoms with E-state index in [0.717, 1.165) is 0 Å². The molecule has 0 radical (unpaired) electrons. The van der Waals surface area contributed by atoms with Crippen molar-refractivity contribution in [3.8, 4) is 0 Å². The zero-order chi connectivity index (χ0) is 14.5. The monoisotopic (exact) mass is 297 g/mol. The predicted octanol–water partition coefficient (Wildman–Crippen LogP) is 0.290. The predicted molar refractivity (Wildman–Crippen MR) is 70.3 cm³/mol. The van der Waals surface area contributed by atoms with Gasteiger partial charge in [0, 0.05) is 12.1 Å². The molecule has 3 rings (SSSR count). The first-order valence-electron chi connectivity index (χ1n) is 5.92. The highest BCUT2D eigenvalue weighted by molar-refractivity contribution is 7.91. The lowest BCUT2D eigenvalue weighted by Gasteiger charge is -2.20. The van der Waals surface area contributed by atoms with Crippen molar-refractivity contribution < 1.29 is 18.1 Å². The number of nitrogens with zero attached hydrogens (tertiary/aromatic N) is 2. The Morgan fingerprint density at radius 1 is 1.35 bits per heavy atom. The lowest BCUT2D eigenvalue weighted by molar-refractivity contribution is -0.384. The Balaban J connectivity index is 1.99. The maximum absolute atomic E-state index is 11.9. The van der Waals surface area contributed by atoms with Crippen LogP contribution < -0.4 is 10.2 Å². The molecule has 2 amide bonds. The fraction of sp³-hybridized carbons (Fsp3) is 0.364. The smallest absolute Gasteiger partial charge is 0.322 e. The topological polar surface area (TPSA) is 110 Å². The summed E-state index contributed by atoms with van der Waals surface area (Å²) in [4.78, 5) is 23.4. The molecule has 9 heteroatoms. The van der Waals surface area contributed by atoms with Crippen molar-refractivity contribution in [3.63, 3.8) is 0 Å². The molecule has 2 fully saturated rings. The number of sulfone groups is 1. The molecule has 8 nitrogen and oxygen atoms in total. The van der Waals surface area contributed by atoms with E-state index in [2.05, 4.69) is 5.32 Å². The zero-order valence-electron chi connectivity index (χ0n) is 10.2. The first-order chi connectivity index (χ1) is 9.37. The van der Waals surface area contributed by atoms with Gasteiger partial charge in [0.1, 0.15) is 0 Å². The van der Waals surface area contributed by atoms with Gasteiger partial charge in [-0.05, 0) is 6.07 Å². The van der Waals surface area contributed by atoms with Gasteiger partial charge in [-0.1, -0.05) is 6.07 Å². The molecule has 0 unspecified atom stereocenters. The third-order valence-electron chi connectivity index (χ3n) is 3.50. The number of fused-ring (bicyclic) bond motifs is 1. The molecule has 106 valence electrons. The minimum absolute atomic E-state index is 0.0885. The number of amides is 2. The number of benzene rings is 1. The van der Waals surface area contributed by atoms with Crippen molar-refractivity contribution in [2.24, 2.45) is 0 Å². The molecule has 2 aliphatic heterocycles. The maximum Gasteiger partial charge on any atom is 0.322 e. The minimum Gasteiger partial charge on any atom is -0.332 e. The SMILES string of the molecule is O=C1N[C@H]2CS(=O)(=O)C[C@H]2N1c1cccc([N+](=O)[O-])c1. The molecule has 2 heterocycles. The molecule has 0 bridgehead atoms. The Bertz CT molecular complexity index is 702. The van der Waals surface area contributed by atoms with Gasteiger partial charge in [0.05, 0.1) is 34.2 Å². The van der Waals surface area contributed by atoms with Crippen LogP contribution in [0.1, 0.15) is 0 Å². The van der Waals surface area contributed by atoms with E-state index in [1.165, 1.54) is 23.1 Å². The molecular formula is C11H11N3O5S. The molecule has 20 heavy (non-hydrogen) atoms. The number of urea groups is 1. The van der Waals surface area contributed by atoms with Gasteiger partial charge in [-0.2, -0.15) is 0 Å². The van der Waals surface area contributed by atoms with E-state index in [-0.39, 0.29) is 17.2 Å². The van der Waals surface area contributed by atoms with E-state index >= 15 is 0 Å². The van der Waals surface area contributed by atoms with Crippen molar-refractivity contribution >= 4 is 27.2 Å². The van der Waals surface area contributed by atoms with Crippen LogP contribution in [0.2, 0.25) is 0 Å². The van der Waals surface area contributed by atoms with Gasteiger partial charge in [0.25, 0.3) is 5.69 Å². The summed E-state index contributed by atoms with van der Waals surface area (Å²) in [6.07, 6.45) is 0. The molecule has 1 aromatic carbocycles. The molecule has 2 aliphatic rings. The first-order valence-corrected chi connectivity index (χ1v) is 7.74. The second kappa shape index (κ2) is 4.17. The molecule has 1 aromatic rings. The van der Waals surface area contributed by atoms with E-state index in [4.69, 9.17) is 0 Å². The largest absolute Gasteiger partial charge is 0.332 e. The van der Waals surface area contributed by atoms with Crippen molar-refractivity contribution in [1.82, 2.24) is 5.32 Å². The van der Waals surface area contributed by atoms with Crippen LogP contribution >= 0.6 is 0 Å². The van der Waals surface area contributed by atoms with E-state index in [1.807, 2.05) is 0 Å². The van der Waals surface area contributed by atoms with Gasteiger partial charge in [-0.25, -0.2) is 13.2 Å². The van der Waals surface area contributed by atoms with Crippen molar-refractivity contribution in [1.29, 1.82) is 0 Å². The average Bonchev–Trinajstić information content (AvgIpc) is 2.79. The Hall–Kier alpha value is -2.16. The van der Waals surface area contributed by atoms with Crippen LogP contribution in [0.3, 0.4) is 0 Å². The van der Waals surface area contributed by atoms with Crippen molar-refractivity contribution in [3.05, 3.63) is 34.4 Å². The number of hydrogen-bond acceptors (Lipinski definition) is 5. The van der Waals surface area contributed by atoms with Gasteiger partial charge < -0.3 is 5.32 Å². The normalized spacial score (nSPS) is 27.2. The Labute approximate surface area is 114 Å². The first kappa shape index (κ1) is 12.9. The lowest BCUT2D eigenvalue weighted by Crippen LogP contribution is -2.36. The van der Waals surface area contributed by atoms with E-state index in [0.29, 0.717) is 5.69 Å². The van der Waals surface area contributed by atoms with Crippen LogP contribution in [0.5, 0.6) is 0 Å². The number of anilines is 1. The van der Waals surface area contributed by atoms with Gasteiger partial charge in [0.2, 0.25) is 0 Å². The van der Waals surface area contributed by atoms with Crippen molar-refractivity contribution in [2.45, 2.75) is 12.1 Å². The Morgan fingerprint density at radius 2 is 2.10 bits per heavy atom. The number of rotatable bonds is 2. The Morgan fingerprint density at radius 3 is 2.80 bits per heavy atom. The van der Waals surface area contributed by atoms with Crippen LogP contribution in [0, 0.1) is 10.1 Å². The fourth-order valence-electron chi connectivity index (χ4n) is 2.67. The fourth-order valence-corrected chi connectivity index (χ4v) is 4.56. The number of nitro benzene ring substituents is 1. The second-order valence-electron chi connectivity index (χ2n) is 4.85. The number of non-ortho nitro benzene ring substituents is 1. The molecule has 1 N–H and O–H groups in total. The highest BCUT2D eigenvalue weighted by Gasteiger charge is 2.49. The summed E-state index contributed by atoms with van der Waals surface area (Å²) in [6, 6.07) is 4.24.